The highest BCUT2D eigenvalue weighted by molar-refractivity contribution is 5.94. The quantitative estimate of drug-likeness (QED) is 0.626. The Bertz CT molecular complexity index is 412. The van der Waals surface area contributed by atoms with Crippen LogP contribution in [0.4, 0.5) is 0 Å². The second kappa shape index (κ2) is 3.41. The van der Waals surface area contributed by atoms with Crippen molar-refractivity contribution < 1.29 is 9.59 Å². The molecule has 0 N–H and O–H groups in total. The maximum atomic E-state index is 11.6. The minimum Gasteiger partial charge on any atom is -0.295 e. The molecule has 0 saturated heterocycles. The fourth-order valence-electron chi connectivity index (χ4n) is 3.16. The Balaban J connectivity index is 2.52. The lowest BCUT2D eigenvalue weighted by Crippen LogP contribution is -2.43. The molecule has 0 heterocycles. The van der Waals surface area contributed by atoms with E-state index >= 15 is 0 Å². The normalized spacial score (nSPS) is 33.1. The van der Waals surface area contributed by atoms with Gasteiger partial charge in [-0.05, 0) is 30.9 Å². The fourth-order valence-corrected chi connectivity index (χ4v) is 3.16. The molecule has 0 aromatic carbocycles. The van der Waals surface area contributed by atoms with Gasteiger partial charge in [0.1, 0.15) is 0 Å². The summed E-state index contributed by atoms with van der Waals surface area (Å²) in [7, 11) is 0. The Morgan fingerprint density at radius 2 is 1.88 bits per heavy atom. The Labute approximate surface area is 96.4 Å². The minimum absolute atomic E-state index is 0.0832. The summed E-state index contributed by atoms with van der Waals surface area (Å²) in [6, 6.07) is 0. The Kier molecular flexibility index (Phi) is 2.41. The molecule has 2 rings (SSSR count). The van der Waals surface area contributed by atoms with E-state index in [4.69, 9.17) is 0 Å². The molecule has 0 amide bonds. The van der Waals surface area contributed by atoms with E-state index in [2.05, 4.69) is 13.8 Å². The first-order chi connectivity index (χ1) is 7.37. The lowest BCUT2D eigenvalue weighted by atomic mass is 9.54. The summed E-state index contributed by atoms with van der Waals surface area (Å²) in [6.07, 6.45) is 7.48. The number of allylic oxidation sites excluding steroid dienone is 4. The predicted octanol–water partition coefficient (Wildman–Crippen LogP) is 2.84. The minimum atomic E-state index is -0.0885. The zero-order chi connectivity index (χ0) is 12.0. The van der Waals surface area contributed by atoms with E-state index in [0.717, 1.165) is 12.0 Å². The Morgan fingerprint density at radius 3 is 2.38 bits per heavy atom. The van der Waals surface area contributed by atoms with E-state index in [-0.39, 0.29) is 22.4 Å². The largest absolute Gasteiger partial charge is 0.295 e. The lowest BCUT2D eigenvalue weighted by Gasteiger charge is -2.49. The molecule has 0 radical (unpaired) electrons. The van der Waals surface area contributed by atoms with E-state index in [1.807, 2.05) is 13.0 Å². The van der Waals surface area contributed by atoms with Crippen LogP contribution in [0, 0.1) is 10.8 Å². The number of hydrogen-bond acceptors (Lipinski definition) is 2. The molecular formula is C14H18O2. The summed E-state index contributed by atoms with van der Waals surface area (Å²) in [6.45, 7) is 6.27. The molecule has 0 fully saturated rings. The molecule has 0 saturated carbocycles. The van der Waals surface area contributed by atoms with Crippen molar-refractivity contribution in [3.8, 4) is 0 Å². The van der Waals surface area contributed by atoms with Crippen molar-refractivity contribution in [1.82, 2.24) is 0 Å². The number of hydrogen-bond donors (Lipinski definition) is 0. The average molecular weight is 218 g/mol. The van der Waals surface area contributed by atoms with E-state index in [9.17, 15) is 9.59 Å². The van der Waals surface area contributed by atoms with Crippen LogP contribution in [0.5, 0.6) is 0 Å². The van der Waals surface area contributed by atoms with Crippen molar-refractivity contribution in [3.05, 3.63) is 23.8 Å². The monoisotopic (exact) mass is 218 g/mol. The standard InChI is InChI=1S/C14H18O2/c1-10-8-12(16)9-13(2,3)14(10)6-4-11(15)5-7-14/h4,6,8H,5,7,9H2,1-3H3/t14-/m1/s1. The molecule has 2 aliphatic rings. The van der Waals surface area contributed by atoms with E-state index in [1.165, 1.54) is 0 Å². The van der Waals surface area contributed by atoms with Crippen LogP contribution in [-0.4, -0.2) is 11.6 Å². The average Bonchev–Trinajstić information content (AvgIpc) is 2.15. The smallest absolute Gasteiger partial charge is 0.156 e. The van der Waals surface area contributed by atoms with E-state index in [1.54, 1.807) is 12.2 Å². The topological polar surface area (TPSA) is 34.1 Å². The third-order valence-electron chi connectivity index (χ3n) is 4.22. The van der Waals surface area contributed by atoms with E-state index in [0.29, 0.717) is 12.8 Å². The van der Waals surface area contributed by atoms with Gasteiger partial charge in [-0.1, -0.05) is 25.5 Å². The predicted molar refractivity (Wildman–Crippen MR) is 63.0 cm³/mol. The highest BCUT2D eigenvalue weighted by Crippen LogP contribution is 2.55. The maximum absolute atomic E-state index is 11.6. The second-order valence-electron chi connectivity index (χ2n) is 5.63. The summed E-state index contributed by atoms with van der Waals surface area (Å²) in [5, 5.41) is 0. The summed E-state index contributed by atoms with van der Waals surface area (Å²) in [5.41, 5.74) is 0.937. The lowest BCUT2D eigenvalue weighted by molar-refractivity contribution is -0.119. The number of ketones is 2. The van der Waals surface area contributed by atoms with Gasteiger partial charge in [0.05, 0.1) is 0 Å². The summed E-state index contributed by atoms with van der Waals surface area (Å²) >= 11 is 0. The van der Waals surface area contributed by atoms with Crippen molar-refractivity contribution >= 4 is 11.6 Å². The molecular weight excluding hydrogens is 200 g/mol. The van der Waals surface area contributed by atoms with Crippen LogP contribution in [0.2, 0.25) is 0 Å². The molecule has 0 aromatic heterocycles. The first-order valence-electron chi connectivity index (χ1n) is 5.81. The van der Waals surface area contributed by atoms with E-state index < -0.39 is 0 Å². The zero-order valence-corrected chi connectivity index (χ0v) is 10.2. The molecule has 2 nitrogen and oxygen atoms in total. The van der Waals surface area contributed by atoms with Crippen LogP contribution >= 0.6 is 0 Å². The van der Waals surface area contributed by atoms with Crippen molar-refractivity contribution in [3.63, 3.8) is 0 Å². The van der Waals surface area contributed by atoms with Crippen LogP contribution in [0.15, 0.2) is 23.8 Å². The van der Waals surface area contributed by atoms with Gasteiger partial charge in [-0.15, -0.1) is 0 Å². The van der Waals surface area contributed by atoms with Gasteiger partial charge in [0.25, 0.3) is 0 Å². The first-order valence-corrected chi connectivity index (χ1v) is 5.81. The molecule has 2 heteroatoms. The fraction of sp³-hybridized carbons (Fsp3) is 0.571. The van der Waals surface area contributed by atoms with Crippen LogP contribution in [0.3, 0.4) is 0 Å². The number of rotatable bonds is 0. The highest BCUT2D eigenvalue weighted by Gasteiger charge is 2.48. The third-order valence-corrected chi connectivity index (χ3v) is 4.22. The van der Waals surface area contributed by atoms with Gasteiger partial charge in [0.2, 0.25) is 0 Å². The molecule has 0 unspecified atom stereocenters. The molecule has 1 atom stereocenters. The van der Waals surface area contributed by atoms with Crippen molar-refractivity contribution in [2.24, 2.45) is 10.8 Å². The number of carbonyl (C=O) groups excluding carboxylic acids is 2. The molecule has 2 aliphatic carbocycles. The zero-order valence-electron chi connectivity index (χ0n) is 10.2. The van der Waals surface area contributed by atoms with Gasteiger partial charge in [-0.2, -0.15) is 0 Å². The SMILES string of the molecule is CC1=CC(=O)CC(C)(C)[C@@]12C=CC(=O)CC2. The molecule has 0 aromatic rings. The van der Waals surface area contributed by atoms with Crippen molar-refractivity contribution in [2.75, 3.05) is 0 Å². The summed E-state index contributed by atoms with van der Waals surface area (Å²) in [5.74, 6) is 0.407. The molecule has 86 valence electrons. The Hall–Kier alpha value is -1.18. The van der Waals surface area contributed by atoms with Crippen LogP contribution in [0.1, 0.15) is 40.0 Å². The van der Waals surface area contributed by atoms with Gasteiger partial charge < -0.3 is 0 Å². The summed E-state index contributed by atoms with van der Waals surface area (Å²) < 4.78 is 0. The molecule has 0 bridgehead atoms. The van der Waals surface area contributed by atoms with Crippen LogP contribution < -0.4 is 0 Å². The first kappa shape index (κ1) is 11.3. The Morgan fingerprint density at radius 1 is 1.19 bits per heavy atom. The highest BCUT2D eigenvalue weighted by atomic mass is 16.1. The van der Waals surface area contributed by atoms with Crippen LogP contribution in [0.25, 0.3) is 0 Å². The van der Waals surface area contributed by atoms with Gasteiger partial charge in [-0.3, -0.25) is 9.59 Å². The molecule has 1 spiro atoms. The third kappa shape index (κ3) is 1.48. The summed E-state index contributed by atoms with van der Waals surface area (Å²) in [4.78, 5) is 22.9. The van der Waals surface area contributed by atoms with Crippen molar-refractivity contribution in [1.29, 1.82) is 0 Å². The number of carbonyl (C=O) groups is 2. The maximum Gasteiger partial charge on any atom is 0.156 e. The second-order valence-corrected chi connectivity index (χ2v) is 5.63. The van der Waals surface area contributed by atoms with Gasteiger partial charge >= 0.3 is 0 Å². The molecule has 0 aliphatic heterocycles. The van der Waals surface area contributed by atoms with Crippen molar-refractivity contribution in [2.45, 2.75) is 40.0 Å². The van der Waals surface area contributed by atoms with Gasteiger partial charge in [-0.25, -0.2) is 0 Å². The van der Waals surface area contributed by atoms with Gasteiger partial charge in [0, 0.05) is 18.3 Å². The molecule has 16 heavy (non-hydrogen) atoms. The van der Waals surface area contributed by atoms with Crippen LogP contribution in [-0.2, 0) is 9.59 Å². The van der Waals surface area contributed by atoms with Gasteiger partial charge in [0.15, 0.2) is 11.6 Å².